The van der Waals surface area contributed by atoms with Gasteiger partial charge < -0.3 is 10.2 Å². The number of sulfonamides is 1. The second-order valence-electron chi connectivity index (χ2n) is 5.35. The average molecular weight is 308 g/mol. The van der Waals surface area contributed by atoms with Crippen molar-refractivity contribution in [2.45, 2.75) is 58.8 Å². The van der Waals surface area contributed by atoms with Gasteiger partial charge in [0.25, 0.3) is 0 Å². The first-order chi connectivity index (χ1) is 9.37. The molecule has 0 radical (unpaired) electrons. The maximum atomic E-state index is 12.1. The van der Waals surface area contributed by atoms with Crippen LogP contribution in [0.5, 0.6) is 0 Å². The molecular formula is C14H33N3O2S. The van der Waals surface area contributed by atoms with Crippen LogP contribution < -0.4 is 10.0 Å². The van der Waals surface area contributed by atoms with E-state index in [0.29, 0.717) is 6.54 Å². The standard InChI is InChI=1S/C14H33N3O2S/c1-6-15-12-14(5)20(18,19)16-13(4)10-9-11-17(7-2)8-3/h13-16H,6-12H2,1-5H3. The van der Waals surface area contributed by atoms with E-state index in [4.69, 9.17) is 0 Å². The van der Waals surface area contributed by atoms with E-state index in [1.807, 2.05) is 13.8 Å². The summed E-state index contributed by atoms with van der Waals surface area (Å²) in [6.07, 6.45) is 1.90. The average Bonchev–Trinajstić information content (AvgIpc) is 2.40. The molecule has 0 aromatic carbocycles. The van der Waals surface area contributed by atoms with Crippen LogP contribution in [0.15, 0.2) is 0 Å². The second-order valence-corrected chi connectivity index (χ2v) is 7.48. The van der Waals surface area contributed by atoms with Crippen molar-refractivity contribution in [1.29, 1.82) is 0 Å². The van der Waals surface area contributed by atoms with Crippen molar-refractivity contribution in [2.24, 2.45) is 0 Å². The van der Waals surface area contributed by atoms with E-state index in [0.717, 1.165) is 39.0 Å². The van der Waals surface area contributed by atoms with Gasteiger partial charge in [0.1, 0.15) is 0 Å². The maximum absolute atomic E-state index is 12.1. The van der Waals surface area contributed by atoms with Crippen LogP contribution in [0.4, 0.5) is 0 Å². The van der Waals surface area contributed by atoms with Gasteiger partial charge >= 0.3 is 0 Å². The Morgan fingerprint density at radius 3 is 2.20 bits per heavy atom. The Morgan fingerprint density at radius 1 is 1.10 bits per heavy atom. The van der Waals surface area contributed by atoms with Gasteiger partial charge in [0, 0.05) is 12.6 Å². The highest BCUT2D eigenvalue weighted by atomic mass is 32.2. The number of nitrogens with zero attached hydrogens (tertiary/aromatic N) is 1. The predicted octanol–water partition coefficient (Wildman–Crippen LogP) is 1.41. The summed E-state index contributed by atoms with van der Waals surface area (Å²) < 4.78 is 27.0. The summed E-state index contributed by atoms with van der Waals surface area (Å²) in [6, 6.07) is -0.000334. The lowest BCUT2D eigenvalue weighted by Gasteiger charge is -2.21. The number of hydrogen-bond donors (Lipinski definition) is 2. The maximum Gasteiger partial charge on any atom is 0.215 e. The molecule has 0 bridgehead atoms. The zero-order chi connectivity index (χ0) is 15.6. The Bertz CT molecular complexity index is 329. The summed E-state index contributed by atoms with van der Waals surface area (Å²) in [7, 11) is -3.22. The summed E-state index contributed by atoms with van der Waals surface area (Å²) in [5, 5.41) is 2.68. The second kappa shape index (κ2) is 10.5. The van der Waals surface area contributed by atoms with Crippen molar-refractivity contribution in [1.82, 2.24) is 14.9 Å². The lowest BCUT2D eigenvalue weighted by atomic mass is 10.2. The molecule has 2 atom stereocenters. The van der Waals surface area contributed by atoms with Gasteiger partial charge in [-0.1, -0.05) is 20.8 Å². The largest absolute Gasteiger partial charge is 0.316 e. The van der Waals surface area contributed by atoms with Crippen molar-refractivity contribution in [3.63, 3.8) is 0 Å². The van der Waals surface area contributed by atoms with E-state index in [-0.39, 0.29) is 6.04 Å². The fraction of sp³-hybridized carbons (Fsp3) is 1.00. The van der Waals surface area contributed by atoms with Crippen molar-refractivity contribution < 1.29 is 8.42 Å². The van der Waals surface area contributed by atoms with Gasteiger partial charge in [-0.25, -0.2) is 13.1 Å². The number of rotatable bonds is 12. The van der Waals surface area contributed by atoms with E-state index >= 15 is 0 Å². The number of hydrogen-bond acceptors (Lipinski definition) is 4. The minimum absolute atomic E-state index is 0.000334. The van der Waals surface area contributed by atoms with Gasteiger partial charge in [-0.15, -0.1) is 0 Å². The molecule has 122 valence electrons. The zero-order valence-corrected chi connectivity index (χ0v) is 14.6. The van der Waals surface area contributed by atoms with Crippen LogP contribution in [0, 0.1) is 0 Å². The molecule has 20 heavy (non-hydrogen) atoms. The molecule has 0 amide bonds. The molecule has 2 unspecified atom stereocenters. The monoisotopic (exact) mass is 307 g/mol. The first-order valence-corrected chi connectivity index (χ1v) is 9.36. The third kappa shape index (κ3) is 8.19. The van der Waals surface area contributed by atoms with Crippen molar-refractivity contribution in [2.75, 3.05) is 32.7 Å². The van der Waals surface area contributed by atoms with Crippen LogP contribution in [0.3, 0.4) is 0 Å². The van der Waals surface area contributed by atoms with Gasteiger partial charge in [-0.3, -0.25) is 0 Å². The molecule has 0 aromatic rings. The third-order valence-corrected chi connectivity index (χ3v) is 5.54. The molecular weight excluding hydrogens is 274 g/mol. The van der Waals surface area contributed by atoms with Gasteiger partial charge in [-0.2, -0.15) is 0 Å². The fourth-order valence-electron chi connectivity index (χ4n) is 2.07. The predicted molar refractivity (Wildman–Crippen MR) is 86.5 cm³/mol. The molecule has 0 spiro atoms. The van der Waals surface area contributed by atoms with Crippen LogP contribution >= 0.6 is 0 Å². The Hall–Kier alpha value is -0.170. The first-order valence-electron chi connectivity index (χ1n) is 7.81. The molecule has 0 saturated carbocycles. The molecule has 0 fully saturated rings. The Kier molecular flexibility index (Phi) is 10.5. The van der Waals surface area contributed by atoms with E-state index in [2.05, 4.69) is 28.8 Å². The molecule has 0 aliphatic rings. The zero-order valence-electron chi connectivity index (χ0n) is 13.8. The van der Waals surface area contributed by atoms with E-state index in [1.54, 1.807) is 6.92 Å². The highest BCUT2D eigenvalue weighted by Crippen LogP contribution is 2.04. The summed E-state index contributed by atoms with van der Waals surface area (Å²) in [4.78, 5) is 2.36. The number of nitrogens with one attached hydrogen (secondary N) is 2. The third-order valence-electron chi connectivity index (χ3n) is 3.58. The highest BCUT2D eigenvalue weighted by Gasteiger charge is 2.22. The summed E-state index contributed by atoms with van der Waals surface area (Å²) >= 11 is 0. The summed E-state index contributed by atoms with van der Waals surface area (Å²) in [6.45, 7) is 14.4. The first kappa shape index (κ1) is 19.8. The smallest absolute Gasteiger partial charge is 0.215 e. The van der Waals surface area contributed by atoms with Crippen LogP contribution in [-0.2, 0) is 10.0 Å². The molecule has 0 heterocycles. The van der Waals surface area contributed by atoms with E-state index in [9.17, 15) is 8.42 Å². The molecule has 0 rings (SSSR count). The SMILES string of the molecule is CCNCC(C)S(=O)(=O)NC(C)CCCN(CC)CC. The van der Waals surface area contributed by atoms with E-state index in [1.165, 1.54) is 0 Å². The van der Waals surface area contributed by atoms with Gasteiger partial charge in [0.15, 0.2) is 0 Å². The van der Waals surface area contributed by atoms with Crippen molar-refractivity contribution in [3.8, 4) is 0 Å². The minimum Gasteiger partial charge on any atom is -0.316 e. The van der Waals surface area contributed by atoms with Gasteiger partial charge in [0.2, 0.25) is 10.0 Å². The van der Waals surface area contributed by atoms with Crippen LogP contribution in [0.2, 0.25) is 0 Å². The summed E-state index contributed by atoms with van der Waals surface area (Å²) in [5.74, 6) is 0. The molecule has 0 saturated heterocycles. The Balaban J connectivity index is 4.08. The van der Waals surface area contributed by atoms with E-state index < -0.39 is 15.3 Å². The van der Waals surface area contributed by atoms with Gasteiger partial charge in [0.05, 0.1) is 5.25 Å². The molecule has 6 heteroatoms. The summed E-state index contributed by atoms with van der Waals surface area (Å²) in [5.41, 5.74) is 0. The van der Waals surface area contributed by atoms with Crippen LogP contribution in [0.1, 0.15) is 47.5 Å². The highest BCUT2D eigenvalue weighted by molar-refractivity contribution is 7.90. The fourth-order valence-corrected chi connectivity index (χ4v) is 3.32. The quantitative estimate of drug-likeness (QED) is 0.572. The molecule has 0 aliphatic heterocycles. The van der Waals surface area contributed by atoms with Crippen LogP contribution in [-0.4, -0.2) is 57.3 Å². The van der Waals surface area contributed by atoms with Crippen molar-refractivity contribution >= 4 is 10.0 Å². The molecule has 2 N–H and O–H groups in total. The van der Waals surface area contributed by atoms with Gasteiger partial charge in [-0.05, 0) is 52.9 Å². The lowest BCUT2D eigenvalue weighted by Crippen LogP contribution is -2.42. The molecule has 0 aromatic heterocycles. The van der Waals surface area contributed by atoms with Crippen molar-refractivity contribution in [3.05, 3.63) is 0 Å². The normalized spacial score (nSPS) is 15.5. The topological polar surface area (TPSA) is 61.4 Å². The Labute approximate surface area is 125 Å². The Morgan fingerprint density at radius 2 is 1.70 bits per heavy atom. The minimum atomic E-state index is -3.22. The van der Waals surface area contributed by atoms with Crippen LogP contribution in [0.25, 0.3) is 0 Å². The molecule has 5 nitrogen and oxygen atoms in total. The lowest BCUT2D eigenvalue weighted by molar-refractivity contribution is 0.293. The molecule has 0 aliphatic carbocycles.